The summed E-state index contributed by atoms with van der Waals surface area (Å²) in [6, 6.07) is 0. The first kappa shape index (κ1) is 16.1. The average molecular weight is 280 g/mol. The first-order chi connectivity index (χ1) is 9.54. The van der Waals surface area contributed by atoms with Crippen molar-refractivity contribution in [2.75, 3.05) is 13.1 Å². The van der Waals surface area contributed by atoms with Crippen LogP contribution < -0.4 is 5.32 Å². The maximum absolute atomic E-state index is 11.5. The van der Waals surface area contributed by atoms with E-state index in [2.05, 4.69) is 5.32 Å². The highest BCUT2D eigenvalue weighted by molar-refractivity contribution is 6.13. The molecule has 0 radical (unpaired) electrons. The van der Waals surface area contributed by atoms with Crippen molar-refractivity contribution in [3.05, 3.63) is 12.2 Å². The third-order valence-electron chi connectivity index (χ3n) is 3.10. The summed E-state index contributed by atoms with van der Waals surface area (Å²) in [6.07, 6.45) is 5.96. The smallest absolute Gasteiger partial charge is 0.253 e. The second-order valence-electron chi connectivity index (χ2n) is 4.87. The number of hydrogen-bond donors (Lipinski definition) is 1. The first-order valence-corrected chi connectivity index (χ1v) is 6.80. The van der Waals surface area contributed by atoms with Crippen LogP contribution in [-0.2, 0) is 19.2 Å². The molecular formula is C14H20N2O4. The maximum Gasteiger partial charge on any atom is 0.253 e. The van der Waals surface area contributed by atoms with E-state index in [0.717, 1.165) is 30.4 Å². The topological polar surface area (TPSA) is 83.6 Å². The highest BCUT2D eigenvalue weighted by atomic mass is 16.2. The van der Waals surface area contributed by atoms with Crippen molar-refractivity contribution in [2.24, 2.45) is 5.92 Å². The van der Waals surface area contributed by atoms with E-state index in [-0.39, 0.29) is 36.6 Å². The molecule has 6 heteroatoms. The number of nitrogens with one attached hydrogen (secondary N) is 1. The van der Waals surface area contributed by atoms with Gasteiger partial charge in [-0.15, -0.1) is 0 Å². The van der Waals surface area contributed by atoms with Crippen molar-refractivity contribution in [2.45, 2.75) is 32.6 Å². The summed E-state index contributed by atoms with van der Waals surface area (Å²) in [5.41, 5.74) is 0. The summed E-state index contributed by atoms with van der Waals surface area (Å²) < 4.78 is 0. The molecule has 1 rings (SSSR count). The van der Waals surface area contributed by atoms with Crippen LogP contribution in [-0.4, -0.2) is 42.0 Å². The molecule has 0 fully saturated rings. The molecule has 110 valence electrons. The molecule has 0 saturated carbocycles. The number of carbonyl (C=O) groups is 4. The Morgan fingerprint density at radius 2 is 1.95 bits per heavy atom. The second kappa shape index (κ2) is 8.24. The fraction of sp³-hybridized carbons (Fsp3) is 0.571. The van der Waals surface area contributed by atoms with E-state index in [1.54, 1.807) is 0 Å². The normalized spacial score (nSPS) is 15.6. The lowest BCUT2D eigenvalue weighted by Gasteiger charge is -2.13. The Morgan fingerprint density at radius 1 is 1.30 bits per heavy atom. The Balaban J connectivity index is 2.08. The van der Waals surface area contributed by atoms with Gasteiger partial charge in [-0.3, -0.25) is 19.3 Å². The highest BCUT2D eigenvalue weighted by Crippen LogP contribution is 2.05. The molecule has 0 aromatic rings. The van der Waals surface area contributed by atoms with Gasteiger partial charge < -0.3 is 10.1 Å². The number of rotatable bonds is 9. The van der Waals surface area contributed by atoms with Gasteiger partial charge in [0.1, 0.15) is 6.29 Å². The standard InChI is InChI=1S/C14H20N2O4/c1-11(10-17)4-2-3-8-15-12(18)7-9-16-13(19)5-6-14(16)20/h5-6,10-11H,2-4,7-9H2,1H3,(H,15,18). The van der Waals surface area contributed by atoms with E-state index < -0.39 is 0 Å². The van der Waals surface area contributed by atoms with Crippen molar-refractivity contribution >= 4 is 24.0 Å². The first-order valence-electron chi connectivity index (χ1n) is 6.80. The monoisotopic (exact) mass is 280 g/mol. The van der Waals surface area contributed by atoms with Crippen LogP contribution in [0.4, 0.5) is 0 Å². The zero-order valence-electron chi connectivity index (χ0n) is 11.6. The molecule has 1 aliphatic rings. The Kier molecular flexibility index (Phi) is 6.63. The molecule has 3 amide bonds. The average Bonchev–Trinajstić information content (AvgIpc) is 2.75. The van der Waals surface area contributed by atoms with Crippen molar-refractivity contribution < 1.29 is 19.2 Å². The van der Waals surface area contributed by atoms with Gasteiger partial charge in [-0.05, 0) is 12.8 Å². The molecule has 0 aromatic heterocycles. The molecule has 1 aliphatic heterocycles. The predicted molar refractivity (Wildman–Crippen MR) is 72.6 cm³/mol. The van der Waals surface area contributed by atoms with Gasteiger partial charge in [-0.25, -0.2) is 0 Å². The molecule has 1 atom stereocenters. The van der Waals surface area contributed by atoms with Crippen molar-refractivity contribution in [3.63, 3.8) is 0 Å². The lowest BCUT2D eigenvalue weighted by atomic mass is 10.1. The zero-order chi connectivity index (χ0) is 15.0. The van der Waals surface area contributed by atoms with E-state index in [4.69, 9.17) is 0 Å². The van der Waals surface area contributed by atoms with Crippen molar-refractivity contribution in [1.29, 1.82) is 0 Å². The molecule has 0 aliphatic carbocycles. The third-order valence-corrected chi connectivity index (χ3v) is 3.10. The van der Waals surface area contributed by atoms with Crippen LogP contribution in [0, 0.1) is 5.92 Å². The minimum atomic E-state index is -0.370. The summed E-state index contributed by atoms with van der Waals surface area (Å²) in [5, 5.41) is 2.73. The molecule has 0 aromatic carbocycles. The summed E-state index contributed by atoms with van der Waals surface area (Å²) in [7, 11) is 0. The summed E-state index contributed by atoms with van der Waals surface area (Å²) in [6.45, 7) is 2.52. The van der Waals surface area contributed by atoms with Crippen LogP contribution in [0.5, 0.6) is 0 Å². The molecular weight excluding hydrogens is 260 g/mol. The molecule has 0 bridgehead atoms. The summed E-state index contributed by atoms with van der Waals surface area (Å²) in [5.74, 6) is -0.859. The Hall–Kier alpha value is -1.98. The van der Waals surface area contributed by atoms with Gasteiger partial charge in [-0.1, -0.05) is 13.3 Å². The van der Waals surface area contributed by atoms with Crippen LogP contribution in [0.2, 0.25) is 0 Å². The lowest BCUT2D eigenvalue weighted by molar-refractivity contribution is -0.137. The molecule has 0 saturated heterocycles. The van der Waals surface area contributed by atoms with Gasteiger partial charge in [0, 0.05) is 37.6 Å². The fourth-order valence-electron chi connectivity index (χ4n) is 1.84. The minimum Gasteiger partial charge on any atom is -0.356 e. The van der Waals surface area contributed by atoms with E-state index in [1.807, 2.05) is 6.92 Å². The zero-order valence-corrected chi connectivity index (χ0v) is 11.6. The second-order valence-corrected chi connectivity index (χ2v) is 4.87. The van der Waals surface area contributed by atoms with Gasteiger partial charge in [0.25, 0.3) is 11.8 Å². The molecule has 1 heterocycles. The Bertz CT molecular complexity index is 399. The van der Waals surface area contributed by atoms with E-state index >= 15 is 0 Å². The minimum absolute atomic E-state index is 0.0605. The lowest BCUT2D eigenvalue weighted by Crippen LogP contribution is -2.34. The summed E-state index contributed by atoms with van der Waals surface area (Å²) >= 11 is 0. The quantitative estimate of drug-likeness (QED) is 0.377. The summed E-state index contributed by atoms with van der Waals surface area (Å²) in [4.78, 5) is 45.5. The van der Waals surface area contributed by atoms with Crippen LogP contribution in [0.25, 0.3) is 0 Å². The van der Waals surface area contributed by atoms with Crippen molar-refractivity contribution in [1.82, 2.24) is 10.2 Å². The Morgan fingerprint density at radius 3 is 2.55 bits per heavy atom. The van der Waals surface area contributed by atoms with Crippen LogP contribution in [0.3, 0.4) is 0 Å². The van der Waals surface area contributed by atoms with Gasteiger partial charge in [0.15, 0.2) is 0 Å². The van der Waals surface area contributed by atoms with Gasteiger partial charge in [0.2, 0.25) is 5.91 Å². The van der Waals surface area contributed by atoms with Crippen LogP contribution in [0.15, 0.2) is 12.2 Å². The predicted octanol–water partition coefficient (Wildman–Crippen LogP) is 0.423. The molecule has 1 N–H and O–H groups in total. The molecule has 20 heavy (non-hydrogen) atoms. The van der Waals surface area contributed by atoms with Gasteiger partial charge in [0.05, 0.1) is 0 Å². The van der Waals surface area contributed by atoms with Gasteiger partial charge in [-0.2, -0.15) is 0 Å². The van der Waals surface area contributed by atoms with Gasteiger partial charge >= 0.3 is 0 Å². The number of nitrogens with zero attached hydrogens (tertiary/aromatic N) is 1. The number of aldehydes is 1. The largest absolute Gasteiger partial charge is 0.356 e. The number of imide groups is 1. The number of amides is 3. The molecule has 1 unspecified atom stereocenters. The van der Waals surface area contributed by atoms with E-state index in [9.17, 15) is 19.2 Å². The Labute approximate surface area is 118 Å². The van der Waals surface area contributed by atoms with E-state index in [1.165, 1.54) is 12.2 Å². The van der Waals surface area contributed by atoms with E-state index in [0.29, 0.717) is 6.54 Å². The third kappa shape index (κ3) is 5.34. The number of hydrogen-bond acceptors (Lipinski definition) is 4. The highest BCUT2D eigenvalue weighted by Gasteiger charge is 2.23. The maximum atomic E-state index is 11.5. The fourth-order valence-corrected chi connectivity index (χ4v) is 1.84. The van der Waals surface area contributed by atoms with Crippen molar-refractivity contribution in [3.8, 4) is 0 Å². The van der Waals surface area contributed by atoms with Crippen LogP contribution >= 0.6 is 0 Å². The molecule has 0 spiro atoms. The SMILES string of the molecule is CC(C=O)CCCCNC(=O)CCN1C(=O)C=CC1=O. The number of carbonyl (C=O) groups excluding carboxylic acids is 4. The van der Waals surface area contributed by atoms with Crippen LogP contribution in [0.1, 0.15) is 32.6 Å². The number of unbranched alkanes of at least 4 members (excludes halogenated alkanes) is 1. The molecule has 6 nitrogen and oxygen atoms in total.